The van der Waals surface area contributed by atoms with Crippen molar-refractivity contribution in [3.05, 3.63) is 58.4 Å². The number of hydrogen-bond acceptors (Lipinski definition) is 3. The molecule has 1 unspecified atom stereocenters. The van der Waals surface area contributed by atoms with Crippen molar-refractivity contribution in [2.24, 2.45) is 0 Å². The number of aryl methyl sites for hydroxylation is 1. The summed E-state index contributed by atoms with van der Waals surface area (Å²) in [5.74, 6) is -0.283. The highest BCUT2D eigenvalue weighted by Crippen LogP contribution is 2.23. The number of hydrogen-bond donors (Lipinski definition) is 1. The van der Waals surface area contributed by atoms with E-state index in [4.69, 9.17) is 11.6 Å². The lowest BCUT2D eigenvalue weighted by Gasteiger charge is -2.18. The van der Waals surface area contributed by atoms with Gasteiger partial charge in [0.25, 0.3) is 0 Å². The van der Waals surface area contributed by atoms with Crippen LogP contribution in [-0.4, -0.2) is 16.5 Å². The van der Waals surface area contributed by atoms with E-state index in [0.29, 0.717) is 11.4 Å². The molecule has 0 spiro atoms. The number of rotatable bonds is 5. The number of nitrogens with zero attached hydrogens (tertiary/aromatic N) is 2. The Morgan fingerprint density at radius 3 is 2.75 bits per heavy atom. The van der Waals surface area contributed by atoms with Gasteiger partial charge in [0.2, 0.25) is 0 Å². The fraction of sp³-hybridized carbons (Fsp3) is 0.333. The number of benzene rings is 1. The fourth-order valence-corrected chi connectivity index (χ4v) is 2.22. The number of aromatic nitrogens is 2. The van der Waals surface area contributed by atoms with E-state index in [1.165, 1.54) is 12.1 Å². The van der Waals surface area contributed by atoms with Crippen LogP contribution in [0, 0.1) is 12.7 Å². The average Bonchev–Trinajstić information content (AvgIpc) is 2.43. The van der Waals surface area contributed by atoms with Crippen molar-refractivity contribution in [2.75, 3.05) is 6.54 Å². The number of halogens is 2. The summed E-state index contributed by atoms with van der Waals surface area (Å²) in [6.07, 6.45) is 4.05. The van der Waals surface area contributed by atoms with Crippen molar-refractivity contribution in [3.8, 4) is 0 Å². The molecule has 0 radical (unpaired) electrons. The van der Waals surface area contributed by atoms with Gasteiger partial charge in [-0.1, -0.05) is 18.5 Å². The van der Waals surface area contributed by atoms with E-state index in [1.807, 2.05) is 13.8 Å². The normalized spacial score (nSPS) is 12.4. The van der Waals surface area contributed by atoms with E-state index in [-0.39, 0.29) is 11.9 Å². The van der Waals surface area contributed by atoms with Crippen LogP contribution in [0.3, 0.4) is 0 Å². The lowest BCUT2D eigenvalue weighted by molar-refractivity contribution is 0.532. The molecule has 2 aromatic rings. The smallest absolute Gasteiger partial charge is 0.123 e. The second kappa shape index (κ2) is 6.77. The van der Waals surface area contributed by atoms with E-state index >= 15 is 0 Å². The Morgan fingerprint density at radius 1 is 1.30 bits per heavy atom. The molecule has 0 amide bonds. The van der Waals surface area contributed by atoms with Gasteiger partial charge in [0.15, 0.2) is 0 Å². The summed E-state index contributed by atoms with van der Waals surface area (Å²) in [5, 5.41) is 3.89. The van der Waals surface area contributed by atoms with Gasteiger partial charge in [0, 0.05) is 11.2 Å². The highest BCUT2D eigenvalue weighted by Gasteiger charge is 2.15. The van der Waals surface area contributed by atoms with E-state index in [0.717, 1.165) is 23.5 Å². The van der Waals surface area contributed by atoms with Crippen LogP contribution in [0.1, 0.15) is 29.9 Å². The minimum atomic E-state index is -0.283. The number of likely N-dealkylation sites (N-methyl/N-ethyl adjacent to an activating group) is 1. The van der Waals surface area contributed by atoms with Crippen LogP contribution >= 0.6 is 11.6 Å². The Hall–Kier alpha value is -1.52. The highest BCUT2D eigenvalue weighted by molar-refractivity contribution is 6.31. The first-order chi connectivity index (χ1) is 9.60. The first-order valence-electron chi connectivity index (χ1n) is 6.56. The van der Waals surface area contributed by atoms with Gasteiger partial charge in [-0.2, -0.15) is 0 Å². The maximum Gasteiger partial charge on any atom is 0.123 e. The van der Waals surface area contributed by atoms with Gasteiger partial charge in [-0.15, -0.1) is 0 Å². The van der Waals surface area contributed by atoms with Gasteiger partial charge < -0.3 is 5.32 Å². The summed E-state index contributed by atoms with van der Waals surface area (Å²) in [6, 6.07) is 4.37. The minimum Gasteiger partial charge on any atom is -0.309 e. The van der Waals surface area contributed by atoms with Crippen LogP contribution in [0.15, 0.2) is 30.6 Å². The predicted octanol–water partition coefficient (Wildman–Crippen LogP) is 3.47. The molecule has 0 saturated heterocycles. The Balaban J connectivity index is 2.25. The Morgan fingerprint density at radius 2 is 2.10 bits per heavy atom. The fourth-order valence-electron chi connectivity index (χ4n) is 2.03. The third-order valence-electron chi connectivity index (χ3n) is 3.04. The van der Waals surface area contributed by atoms with Crippen molar-refractivity contribution >= 4 is 11.6 Å². The van der Waals surface area contributed by atoms with Crippen molar-refractivity contribution in [2.45, 2.75) is 26.3 Å². The molecule has 0 aliphatic carbocycles. The van der Waals surface area contributed by atoms with Gasteiger partial charge in [0.1, 0.15) is 5.82 Å². The van der Waals surface area contributed by atoms with E-state index in [1.54, 1.807) is 18.5 Å². The van der Waals surface area contributed by atoms with Crippen molar-refractivity contribution in [1.29, 1.82) is 0 Å². The third-order valence-corrected chi connectivity index (χ3v) is 3.41. The lowest BCUT2D eigenvalue weighted by Crippen LogP contribution is -2.24. The molecule has 20 heavy (non-hydrogen) atoms. The van der Waals surface area contributed by atoms with Gasteiger partial charge in [-0.25, -0.2) is 4.39 Å². The van der Waals surface area contributed by atoms with E-state index in [9.17, 15) is 4.39 Å². The summed E-state index contributed by atoms with van der Waals surface area (Å²) in [5.41, 5.74) is 2.46. The molecular weight excluding hydrogens is 277 g/mol. The molecule has 106 valence electrons. The zero-order chi connectivity index (χ0) is 14.5. The van der Waals surface area contributed by atoms with Gasteiger partial charge in [-0.05, 0) is 43.7 Å². The molecule has 1 heterocycles. The Bertz CT molecular complexity index is 572. The molecule has 1 aromatic carbocycles. The van der Waals surface area contributed by atoms with Crippen LogP contribution in [0.5, 0.6) is 0 Å². The maximum atomic E-state index is 13.3. The zero-order valence-electron chi connectivity index (χ0n) is 11.5. The number of nitrogens with one attached hydrogen (secondary N) is 1. The van der Waals surface area contributed by atoms with Gasteiger partial charge >= 0.3 is 0 Å². The van der Waals surface area contributed by atoms with Crippen molar-refractivity contribution in [1.82, 2.24) is 15.3 Å². The first kappa shape index (κ1) is 14.9. The van der Waals surface area contributed by atoms with Gasteiger partial charge in [-0.3, -0.25) is 9.97 Å². The summed E-state index contributed by atoms with van der Waals surface area (Å²) >= 11 is 6.12. The first-order valence-corrected chi connectivity index (χ1v) is 6.93. The topological polar surface area (TPSA) is 37.8 Å². The standard InChI is InChI=1S/C15H17ClFN3/c1-3-18-14(15-9-19-10(2)8-20-15)7-11-6-12(17)4-5-13(11)16/h4-6,8-9,14,18H,3,7H2,1-2H3. The van der Waals surface area contributed by atoms with Crippen LogP contribution < -0.4 is 5.32 Å². The third kappa shape index (κ3) is 3.74. The van der Waals surface area contributed by atoms with Crippen LogP contribution in [-0.2, 0) is 6.42 Å². The molecule has 3 nitrogen and oxygen atoms in total. The predicted molar refractivity (Wildman–Crippen MR) is 78.3 cm³/mol. The van der Waals surface area contributed by atoms with E-state index < -0.39 is 0 Å². The highest BCUT2D eigenvalue weighted by atomic mass is 35.5. The van der Waals surface area contributed by atoms with E-state index in [2.05, 4.69) is 15.3 Å². The molecule has 0 bridgehead atoms. The molecular formula is C15H17ClFN3. The monoisotopic (exact) mass is 293 g/mol. The van der Waals surface area contributed by atoms with Crippen LogP contribution in [0.25, 0.3) is 0 Å². The molecule has 0 aliphatic rings. The summed E-state index contributed by atoms with van der Waals surface area (Å²) in [4.78, 5) is 8.64. The molecule has 1 N–H and O–H groups in total. The minimum absolute atomic E-state index is 0.0348. The summed E-state index contributed by atoms with van der Waals surface area (Å²) in [7, 11) is 0. The summed E-state index contributed by atoms with van der Waals surface area (Å²) in [6.45, 7) is 4.69. The quantitative estimate of drug-likeness (QED) is 0.917. The SMILES string of the molecule is CCNC(Cc1cc(F)ccc1Cl)c1cnc(C)cn1. The second-order valence-electron chi connectivity index (χ2n) is 4.63. The Labute approximate surface area is 123 Å². The van der Waals surface area contributed by atoms with Crippen LogP contribution in [0.4, 0.5) is 4.39 Å². The second-order valence-corrected chi connectivity index (χ2v) is 5.04. The largest absolute Gasteiger partial charge is 0.309 e. The molecule has 0 saturated carbocycles. The average molecular weight is 294 g/mol. The molecule has 5 heteroatoms. The van der Waals surface area contributed by atoms with Crippen molar-refractivity contribution in [3.63, 3.8) is 0 Å². The molecule has 0 fully saturated rings. The molecule has 0 aliphatic heterocycles. The van der Waals surface area contributed by atoms with Crippen molar-refractivity contribution < 1.29 is 4.39 Å². The van der Waals surface area contributed by atoms with Gasteiger partial charge in [0.05, 0.1) is 23.6 Å². The zero-order valence-corrected chi connectivity index (χ0v) is 12.3. The molecule has 2 rings (SSSR count). The molecule has 1 aromatic heterocycles. The summed E-state index contributed by atoms with van der Waals surface area (Å²) < 4.78 is 13.3. The molecule has 1 atom stereocenters. The maximum absolute atomic E-state index is 13.3. The lowest BCUT2D eigenvalue weighted by atomic mass is 10.0. The van der Waals surface area contributed by atoms with Crippen LogP contribution in [0.2, 0.25) is 5.02 Å². The Kier molecular flexibility index (Phi) is 5.04.